The summed E-state index contributed by atoms with van der Waals surface area (Å²) >= 11 is 0. The van der Waals surface area contributed by atoms with Crippen molar-refractivity contribution in [3.8, 4) is 0 Å². The van der Waals surface area contributed by atoms with Crippen molar-refractivity contribution in [1.29, 1.82) is 0 Å². The summed E-state index contributed by atoms with van der Waals surface area (Å²) in [4.78, 5) is 10.7. The predicted octanol–water partition coefficient (Wildman–Crippen LogP) is 1.52. The van der Waals surface area contributed by atoms with Gasteiger partial charge in [0, 0.05) is 7.05 Å². The molecule has 0 aliphatic heterocycles. The number of fused-ring (bicyclic) bond motifs is 1. The largest absolute Gasteiger partial charge is 0.350 e. The van der Waals surface area contributed by atoms with E-state index in [1.807, 2.05) is 6.07 Å². The lowest BCUT2D eigenvalue weighted by Crippen LogP contribution is -2.27. The minimum absolute atomic E-state index is 0.558. The molecule has 0 aromatic heterocycles. The summed E-state index contributed by atoms with van der Waals surface area (Å²) in [6.45, 7) is 0. The molecular formula is C12H15N3O. The average Bonchev–Trinajstić information content (AvgIpc) is 2.72. The summed E-state index contributed by atoms with van der Waals surface area (Å²) in [5, 5.41) is 5.07. The van der Waals surface area contributed by atoms with Crippen LogP contribution in [0.3, 0.4) is 0 Å². The van der Waals surface area contributed by atoms with Crippen LogP contribution in [0.25, 0.3) is 0 Å². The normalized spacial score (nSPS) is 14.1. The van der Waals surface area contributed by atoms with Crippen LogP contribution in [0.15, 0.2) is 23.3 Å². The van der Waals surface area contributed by atoms with E-state index >= 15 is 0 Å². The summed E-state index contributed by atoms with van der Waals surface area (Å²) in [6.07, 6.45) is 5.21. The minimum Gasteiger partial charge on any atom is -0.350 e. The summed E-state index contributed by atoms with van der Waals surface area (Å²) in [7, 11) is 1.53. The molecule has 0 saturated heterocycles. The number of nitrogens with two attached hydrogens (primary N) is 1. The number of hydrogen-bond donors (Lipinski definition) is 1. The van der Waals surface area contributed by atoms with Crippen molar-refractivity contribution >= 4 is 12.2 Å². The molecule has 0 unspecified atom stereocenters. The van der Waals surface area contributed by atoms with E-state index in [2.05, 4.69) is 17.2 Å². The van der Waals surface area contributed by atoms with Crippen molar-refractivity contribution in [2.45, 2.75) is 19.3 Å². The lowest BCUT2D eigenvalue weighted by molar-refractivity contribution is 0.220. The van der Waals surface area contributed by atoms with Crippen molar-refractivity contribution in [1.82, 2.24) is 5.01 Å². The van der Waals surface area contributed by atoms with Crippen LogP contribution >= 0.6 is 0 Å². The highest BCUT2D eigenvalue weighted by Crippen LogP contribution is 2.22. The van der Waals surface area contributed by atoms with Crippen LogP contribution in [0, 0.1) is 0 Å². The molecule has 84 valence electrons. The zero-order chi connectivity index (χ0) is 11.5. The fourth-order valence-electron chi connectivity index (χ4n) is 1.88. The van der Waals surface area contributed by atoms with E-state index in [0.29, 0.717) is 0 Å². The molecule has 1 aromatic carbocycles. The molecule has 0 heterocycles. The van der Waals surface area contributed by atoms with Gasteiger partial charge in [-0.3, -0.25) is 0 Å². The van der Waals surface area contributed by atoms with Crippen molar-refractivity contribution in [2.75, 3.05) is 7.05 Å². The lowest BCUT2D eigenvalue weighted by Gasteiger charge is -2.06. The zero-order valence-electron chi connectivity index (χ0n) is 9.31. The summed E-state index contributed by atoms with van der Waals surface area (Å²) in [5.41, 5.74) is 8.90. The summed E-state index contributed by atoms with van der Waals surface area (Å²) < 4.78 is 0. The van der Waals surface area contributed by atoms with Gasteiger partial charge in [0.15, 0.2) is 0 Å². The van der Waals surface area contributed by atoms with E-state index in [-0.39, 0.29) is 0 Å². The third-order valence-corrected chi connectivity index (χ3v) is 2.82. The first kappa shape index (κ1) is 10.7. The van der Waals surface area contributed by atoms with Gasteiger partial charge in [-0.15, -0.1) is 0 Å². The number of carbonyl (C=O) groups is 1. The summed E-state index contributed by atoms with van der Waals surface area (Å²) in [6, 6.07) is 5.72. The van der Waals surface area contributed by atoms with Gasteiger partial charge >= 0.3 is 6.03 Å². The van der Waals surface area contributed by atoms with Crippen molar-refractivity contribution in [3.63, 3.8) is 0 Å². The predicted molar refractivity (Wildman–Crippen MR) is 63.4 cm³/mol. The maximum atomic E-state index is 10.7. The standard InChI is InChI=1S/C12H15N3O/c1-15(12(13)16)14-8-9-5-6-10-3-2-4-11(10)7-9/h5-8H,2-4H2,1H3,(H2,13,16). The van der Waals surface area contributed by atoms with Crippen LogP contribution in [0.4, 0.5) is 4.79 Å². The number of nitrogens with zero attached hydrogens (tertiary/aromatic N) is 2. The van der Waals surface area contributed by atoms with Gasteiger partial charge in [-0.2, -0.15) is 5.10 Å². The highest BCUT2D eigenvalue weighted by atomic mass is 16.2. The van der Waals surface area contributed by atoms with Crippen LogP contribution in [0.2, 0.25) is 0 Å². The number of aryl methyl sites for hydroxylation is 2. The van der Waals surface area contributed by atoms with E-state index < -0.39 is 6.03 Å². The molecule has 1 aromatic rings. The molecule has 16 heavy (non-hydrogen) atoms. The number of urea groups is 1. The Morgan fingerprint density at radius 3 is 2.94 bits per heavy atom. The molecule has 0 radical (unpaired) electrons. The smallest absolute Gasteiger partial charge is 0.334 e. The number of primary amides is 1. The van der Waals surface area contributed by atoms with Crippen LogP contribution in [0.5, 0.6) is 0 Å². The zero-order valence-corrected chi connectivity index (χ0v) is 9.31. The third-order valence-electron chi connectivity index (χ3n) is 2.82. The van der Waals surface area contributed by atoms with Crippen molar-refractivity contribution < 1.29 is 4.79 Å². The second-order valence-corrected chi connectivity index (χ2v) is 3.99. The van der Waals surface area contributed by atoms with Gasteiger partial charge in [0.1, 0.15) is 0 Å². The fourth-order valence-corrected chi connectivity index (χ4v) is 1.88. The first-order valence-electron chi connectivity index (χ1n) is 5.36. The molecule has 2 amide bonds. The van der Waals surface area contributed by atoms with Gasteiger partial charge < -0.3 is 5.73 Å². The molecular weight excluding hydrogens is 202 g/mol. The Labute approximate surface area is 94.7 Å². The first-order chi connectivity index (χ1) is 7.66. The second kappa shape index (κ2) is 4.35. The van der Waals surface area contributed by atoms with Crippen LogP contribution in [0.1, 0.15) is 23.1 Å². The Hall–Kier alpha value is -1.84. The molecule has 2 N–H and O–H groups in total. The number of amides is 2. The molecule has 0 spiro atoms. The van der Waals surface area contributed by atoms with E-state index in [1.54, 1.807) is 6.21 Å². The Bertz CT molecular complexity index is 440. The van der Waals surface area contributed by atoms with Crippen LogP contribution < -0.4 is 5.73 Å². The van der Waals surface area contributed by atoms with E-state index in [1.165, 1.54) is 31.0 Å². The molecule has 2 rings (SSSR count). The monoisotopic (exact) mass is 217 g/mol. The highest BCUT2D eigenvalue weighted by molar-refractivity contribution is 5.81. The maximum absolute atomic E-state index is 10.7. The topological polar surface area (TPSA) is 58.7 Å². The van der Waals surface area contributed by atoms with E-state index in [9.17, 15) is 4.79 Å². The fraction of sp³-hybridized carbons (Fsp3) is 0.333. The SMILES string of the molecule is CN(N=Cc1ccc2c(c1)CCC2)C(N)=O. The van der Waals surface area contributed by atoms with Gasteiger partial charge in [0.2, 0.25) is 0 Å². The minimum atomic E-state index is -0.558. The Morgan fingerprint density at radius 2 is 2.19 bits per heavy atom. The van der Waals surface area contributed by atoms with Crippen LogP contribution in [-0.4, -0.2) is 24.3 Å². The molecule has 1 aliphatic carbocycles. The second-order valence-electron chi connectivity index (χ2n) is 3.99. The van der Waals surface area contributed by atoms with E-state index in [0.717, 1.165) is 17.0 Å². The van der Waals surface area contributed by atoms with Crippen molar-refractivity contribution in [3.05, 3.63) is 34.9 Å². The molecule has 4 heteroatoms. The molecule has 0 saturated carbocycles. The summed E-state index contributed by atoms with van der Waals surface area (Å²) in [5.74, 6) is 0. The number of rotatable bonds is 2. The maximum Gasteiger partial charge on any atom is 0.334 e. The third kappa shape index (κ3) is 2.21. The quantitative estimate of drug-likeness (QED) is 0.592. The Balaban J connectivity index is 2.13. The van der Waals surface area contributed by atoms with Gasteiger partial charge in [-0.1, -0.05) is 12.1 Å². The first-order valence-corrected chi connectivity index (χ1v) is 5.36. The lowest BCUT2D eigenvalue weighted by atomic mass is 10.1. The number of hydrogen-bond acceptors (Lipinski definition) is 2. The highest BCUT2D eigenvalue weighted by Gasteiger charge is 2.10. The Morgan fingerprint density at radius 1 is 1.44 bits per heavy atom. The number of benzene rings is 1. The molecule has 0 atom stereocenters. The van der Waals surface area contributed by atoms with E-state index in [4.69, 9.17) is 5.73 Å². The molecule has 1 aliphatic rings. The van der Waals surface area contributed by atoms with Crippen molar-refractivity contribution in [2.24, 2.45) is 10.8 Å². The van der Waals surface area contributed by atoms with Crippen LogP contribution in [-0.2, 0) is 12.8 Å². The number of carbonyl (C=O) groups excluding carboxylic acids is 1. The molecule has 0 bridgehead atoms. The average molecular weight is 217 g/mol. The van der Waals surface area contributed by atoms with Gasteiger partial charge in [-0.25, -0.2) is 9.80 Å². The van der Waals surface area contributed by atoms with Gasteiger partial charge in [-0.05, 0) is 42.0 Å². The molecule has 4 nitrogen and oxygen atoms in total. The Kier molecular flexibility index (Phi) is 2.90. The number of hydrazone groups is 1. The van der Waals surface area contributed by atoms with Gasteiger partial charge in [0.05, 0.1) is 6.21 Å². The van der Waals surface area contributed by atoms with Gasteiger partial charge in [0.25, 0.3) is 0 Å². The molecule has 0 fully saturated rings.